The second-order valence-electron chi connectivity index (χ2n) is 5.68. The number of hydrogen-bond acceptors (Lipinski definition) is 6. The molecule has 0 fully saturated rings. The predicted octanol–water partition coefficient (Wildman–Crippen LogP) is 2.38. The van der Waals surface area contributed by atoms with Crippen molar-refractivity contribution in [3.05, 3.63) is 46.0 Å². The number of imidazole rings is 1. The summed E-state index contributed by atoms with van der Waals surface area (Å²) in [6.45, 7) is 5.57. The SMILES string of the molecule is CC(=O)c1nc2nc(NOc3ccc(C(C)C)cc3)[nH]c(=O)c2[nH]1. The van der Waals surface area contributed by atoms with E-state index in [0.717, 1.165) is 0 Å². The third-order valence-electron chi connectivity index (χ3n) is 3.51. The molecule has 8 heteroatoms. The molecule has 2 heterocycles. The number of aromatic amines is 2. The molecule has 0 amide bonds. The van der Waals surface area contributed by atoms with Crippen LogP contribution in [0.5, 0.6) is 5.75 Å². The lowest BCUT2D eigenvalue weighted by Gasteiger charge is -2.09. The molecule has 0 saturated carbocycles. The second kappa shape index (κ2) is 6.15. The number of nitrogens with zero attached hydrogens (tertiary/aromatic N) is 2. The lowest BCUT2D eigenvalue weighted by atomic mass is 10.0. The molecule has 0 atom stereocenters. The average molecular weight is 327 g/mol. The molecule has 0 radical (unpaired) electrons. The fourth-order valence-corrected chi connectivity index (χ4v) is 2.15. The number of hydrogen-bond donors (Lipinski definition) is 3. The summed E-state index contributed by atoms with van der Waals surface area (Å²) in [7, 11) is 0. The summed E-state index contributed by atoms with van der Waals surface area (Å²) in [6, 6.07) is 7.57. The maximum atomic E-state index is 12.0. The minimum absolute atomic E-state index is 0.0883. The van der Waals surface area contributed by atoms with Crippen LogP contribution in [0.15, 0.2) is 29.1 Å². The van der Waals surface area contributed by atoms with Gasteiger partial charge in [-0.05, 0) is 23.6 Å². The highest BCUT2D eigenvalue weighted by molar-refractivity contribution is 5.93. The van der Waals surface area contributed by atoms with Gasteiger partial charge in [0.15, 0.2) is 28.5 Å². The molecule has 0 spiro atoms. The van der Waals surface area contributed by atoms with E-state index >= 15 is 0 Å². The fourth-order valence-electron chi connectivity index (χ4n) is 2.15. The molecule has 0 aliphatic rings. The first-order valence-corrected chi connectivity index (χ1v) is 7.48. The second-order valence-corrected chi connectivity index (χ2v) is 5.68. The molecule has 0 unspecified atom stereocenters. The summed E-state index contributed by atoms with van der Waals surface area (Å²) in [5.41, 5.74) is 3.62. The standard InChI is InChI=1S/C16H17N5O3/c1-8(2)10-4-6-11(7-5-10)24-21-16-19-14-12(15(23)20-16)17-13(18-14)9(3)22/h4-8H,1-3H3,(H3,17,18,19,20,21,23). The first kappa shape index (κ1) is 15.7. The van der Waals surface area contributed by atoms with Crippen molar-refractivity contribution < 1.29 is 9.63 Å². The van der Waals surface area contributed by atoms with Crippen LogP contribution in [0, 0.1) is 0 Å². The van der Waals surface area contributed by atoms with Crippen LogP contribution in [0.3, 0.4) is 0 Å². The van der Waals surface area contributed by atoms with Crippen molar-refractivity contribution in [2.45, 2.75) is 26.7 Å². The Morgan fingerprint density at radius 1 is 1.17 bits per heavy atom. The lowest BCUT2D eigenvalue weighted by molar-refractivity contribution is 0.100. The summed E-state index contributed by atoms with van der Waals surface area (Å²) in [6.07, 6.45) is 0. The number of fused-ring (bicyclic) bond motifs is 1. The zero-order valence-corrected chi connectivity index (χ0v) is 13.5. The van der Waals surface area contributed by atoms with Gasteiger partial charge in [-0.3, -0.25) is 14.6 Å². The molecule has 1 aromatic carbocycles. The summed E-state index contributed by atoms with van der Waals surface area (Å²) >= 11 is 0. The van der Waals surface area contributed by atoms with E-state index in [4.69, 9.17) is 4.84 Å². The maximum Gasteiger partial charge on any atom is 0.278 e. The van der Waals surface area contributed by atoms with Crippen molar-refractivity contribution >= 4 is 22.9 Å². The number of ketones is 1. The first-order valence-electron chi connectivity index (χ1n) is 7.48. The molecule has 0 aliphatic carbocycles. The average Bonchev–Trinajstić information content (AvgIpc) is 2.98. The molecular formula is C16H17N5O3. The Labute approximate surface area is 137 Å². The van der Waals surface area contributed by atoms with E-state index < -0.39 is 5.56 Å². The highest BCUT2D eigenvalue weighted by Crippen LogP contribution is 2.18. The van der Waals surface area contributed by atoms with E-state index in [0.29, 0.717) is 11.7 Å². The van der Waals surface area contributed by atoms with E-state index in [1.54, 1.807) is 0 Å². The van der Waals surface area contributed by atoms with E-state index in [-0.39, 0.29) is 28.7 Å². The lowest BCUT2D eigenvalue weighted by Crippen LogP contribution is -2.15. The largest absolute Gasteiger partial charge is 0.379 e. The van der Waals surface area contributed by atoms with Crippen LogP contribution in [0.4, 0.5) is 5.95 Å². The Bertz CT molecular complexity index is 940. The molecule has 0 bridgehead atoms. The number of rotatable bonds is 5. The van der Waals surface area contributed by atoms with E-state index in [9.17, 15) is 9.59 Å². The van der Waals surface area contributed by atoms with Crippen molar-refractivity contribution in [1.82, 2.24) is 19.9 Å². The zero-order valence-electron chi connectivity index (χ0n) is 13.5. The molecule has 2 aromatic heterocycles. The van der Waals surface area contributed by atoms with Gasteiger partial charge < -0.3 is 9.82 Å². The molecule has 3 aromatic rings. The van der Waals surface area contributed by atoms with Gasteiger partial charge in [0.1, 0.15) is 0 Å². The van der Waals surface area contributed by atoms with E-state index in [1.165, 1.54) is 12.5 Å². The van der Waals surface area contributed by atoms with Crippen LogP contribution >= 0.6 is 0 Å². The molecule has 8 nitrogen and oxygen atoms in total. The number of Topliss-reactive ketones (excluding diaryl/α,β-unsaturated/α-hetero) is 1. The highest BCUT2D eigenvalue weighted by atomic mass is 16.6. The van der Waals surface area contributed by atoms with Crippen molar-refractivity contribution in [1.29, 1.82) is 0 Å². The third kappa shape index (κ3) is 3.12. The summed E-state index contributed by atoms with van der Waals surface area (Å²) in [4.78, 5) is 42.0. The molecule has 124 valence electrons. The zero-order chi connectivity index (χ0) is 17.3. The van der Waals surface area contributed by atoms with Gasteiger partial charge in [0.25, 0.3) is 5.56 Å². The Kier molecular flexibility index (Phi) is 4.03. The summed E-state index contributed by atoms with van der Waals surface area (Å²) in [5, 5.41) is 0. The van der Waals surface area contributed by atoms with Crippen LogP contribution in [-0.2, 0) is 0 Å². The molecule has 3 rings (SSSR count). The predicted molar refractivity (Wildman–Crippen MR) is 89.3 cm³/mol. The van der Waals surface area contributed by atoms with Crippen LogP contribution in [-0.4, -0.2) is 25.7 Å². The third-order valence-corrected chi connectivity index (χ3v) is 3.51. The highest BCUT2D eigenvalue weighted by Gasteiger charge is 2.12. The van der Waals surface area contributed by atoms with Crippen molar-refractivity contribution in [3.8, 4) is 5.75 Å². The Morgan fingerprint density at radius 3 is 2.50 bits per heavy atom. The van der Waals surface area contributed by atoms with Crippen molar-refractivity contribution in [3.63, 3.8) is 0 Å². The quantitative estimate of drug-likeness (QED) is 0.490. The number of benzene rings is 1. The normalized spacial score (nSPS) is 11.0. The van der Waals surface area contributed by atoms with Crippen molar-refractivity contribution in [2.24, 2.45) is 0 Å². The van der Waals surface area contributed by atoms with Gasteiger partial charge in [-0.1, -0.05) is 26.0 Å². The van der Waals surface area contributed by atoms with E-state index in [1.807, 2.05) is 24.3 Å². The number of H-pyrrole nitrogens is 2. The van der Waals surface area contributed by atoms with Gasteiger partial charge in [0.2, 0.25) is 5.95 Å². The minimum Gasteiger partial charge on any atom is -0.379 e. The Balaban J connectivity index is 1.80. The van der Waals surface area contributed by atoms with Gasteiger partial charge in [-0.15, -0.1) is 0 Å². The maximum absolute atomic E-state index is 12.0. The number of nitrogens with one attached hydrogen (secondary N) is 3. The number of aromatic nitrogens is 4. The van der Waals surface area contributed by atoms with Gasteiger partial charge in [0, 0.05) is 6.92 Å². The van der Waals surface area contributed by atoms with Crippen LogP contribution in [0.25, 0.3) is 11.2 Å². The molecule has 0 saturated heterocycles. The summed E-state index contributed by atoms with van der Waals surface area (Å²) < 4.78 is 0. The number of anilines is 1. The Hall–Kier alpha value is -3.16. The molecular weight excluding hydrogens is 310 g/mol. The van der Waals surface area contributed by atoms with Gasteiger partial charge in [-0.2, -0.15) is 10.5 Å². The van der Waals surface area contributed by atoms with Crippen LogP contribution < -0.4 is 15.9 Å². The summed E-state index contributed by atoms with van der Waals surface area (Å²) in [5.74, 6) is 0.923. The van der Waals surface area contributed by atoms with Gasteiger partial charge in [-0.25, -0.2) is 4.98 Å². The van der Waals surface area contributed by atoms with Gasteiger partial charge in [0.05, 0.1) is 0 Å². The Morgan fingerprint density at radius 2 is 1.88 bits per heavy atom. The fraction of sp³-hybridized carbons (Fsp3) is 0.250. The smallest absolute Gasteiger partial charge is 0.278 e. The van der Waals surface area contributed by atoms with E-state index in [2.05, 4.69) is 39.3 Å². The molecule has 0 aliphatic heterocycles. The minimum atomic E-state index is -0.443. The molecule has 24 heavy (non-hydrogen) atoms. The van der Waals surface area contributed by atoms with Gasteiger partial charge >= 0.3 is 0 Å². The number of carbonyl (C=O) groups excluding carboxylic acids is 1. The molecule has 3 N–H and O–H groups in total. The van der Waals surface area contributed by atoms with Crippen LogP contribution in [0.2, 0.25) is 0 Å². The van der Waals surface area contributed by atoms with Crippen LogP contribution in [0.1, 0.15) is 42.9 Å². The monoisotopic (exact) mass is 327 g/mol. The topological polar surface area (TPSA) is 113 Å². The first-order chi connectivity index (χ1) is 11.4. The number of carbonyl (C=O) groups is 1. The van der Waals surface area contributed by atoms with Crippen molar-refractivity contribution in [2.75, 3.05) is 5.48 Å².